The van der Waals surface area contributed by atoms with Gasteiger partial charge in [-0.15, -0.1) is 0 Å². The topological polar surface area (TPSA) is 29.1 Å². The van der Waals surface area contributed by atoms with E-state index in [9.17, 15) is 4.79 Å². The van der Waals surface area contributed by atoms with Crippen LogP contribution in [0.5, 0.6) is 0 Å². The molecular formula is C15H23NO. The molecule has 0 aliphatic carbocycles. The number of benzene rings is 1. The third kappa shape index (κ3) is 4.70. The fourth-order valence-electron chi connectivity index (χ4n) is 2.21. The molecule has 1 aromatic carbocycles. The fraction of sp³-hybridized carbons (Fsp3) is 0.533. The second-order valence-electron chi connectivity index (χ2n) is 4.83. The van der Waals surface area contributed by atoms with Crippen LogP contribution in [0.4, 0.5) is 0 Å². The van der Waals surface area contributed by atoms with Gasteiger partial charge in [0.15, 0.2) is 0 Å². The summed E-state index contributed by atoms with van der Waals surface area (Å²) in [7, 11) is 0. The number of rotatable bonds is 6. The van der Waals surface area contributed by atoms with Crippen LogP contribution in [0, 0.1) is 20.8 Å². The number of hydrogen-bond donors (Lipinski definition) is 1. The van der Waals surface area contributed by atoms with Crippen molar-refractivity contribution in [3.8, 4) is 0 Å². The molecule has 17 heavy (non-hydrogen) atoms. The highest BCUT2D eigenvalue weighted by Crippen LogP contribution is 2.16. The van der Waals surface area contributed by atoms with Gasteiger partial charge in [0.05, 0.1) is 0 Å². The van der Waals surface area contributed by atoms with Crippen LogP contribution in [0.15, 0.2) is 12.1 Å². The summed E-state index contributed by atoms with van der Waals surface area (Å²) >= 11 is 0. The van der Waals surface area contributed by atoms with Crippen LogP contribution in [0.1, 0.15) is 35.6 Å². The number of Topliss-reactive ketones (excluding diaryl/α,β-unsaturated/α-hetero) is 1. The van der Waals surface area contributed by atoms with Gasteiger partial charge in [-0.05, 0) is 57.4 Å². The van der Waals surface area contributed by atoms with Crippen LogP contribution in [-0.2, 0) is 11.2 Å². The Morgan fingerprint density at radius 2 is 1.71 bits per heavy atom. The molecule has 1 rings (SSSR count). The van der Waals surface area contributed by atoms with Crippen LogP contribution >= 0.6 is 0 Å². The van der Waals surface area contributed by atoms with Crippen molar-refractivity contribution in [1.29, 1.82) is 0 Å². The summed E-state index contributed by atoms with van der Waals surface area (Å²) in [4.78, 5) is 10.8. The molecule has 1 aromatic rings. The molecule has 0 aliphatic heterocycles. The van der Waals surface area contributed by atoms with Gasteiger partial charge in [-0.1, -0.05) is 17.7 Å². The fourth-order valence-corrected chi connectivity index (χ4v) is 2.21. The van der Waals surface area contributed by atoms with Gasteiger partial charge in [0.2, 0.25) is 0 Å². The van der Waals surface area contributed by atoms with Crippen molar-refractivity contribution in [3.05, 3.63) is 34.4 Å². The van der Waals surface area contributed by atoms with Crippen LogP contribution in [0.2, 0.25) is 0 Å². The summed E-state index contributed by atoms with van der Waals surface area (Å²) in [5, 5.41) is 3.31. The predicted molar refractivity (Wildman–Crippen MR) is 72.5 cm³/mol. The third-order valence-electron chi connectivity index (χ3n) is 3.05. The van der Waals surface area contributed by atoms with E-state index in [-0.39, 0.29) is 5.78 Å². The van der Waals surface area contributed by atoms with Gasteiger partial charge >= 0.3 is 0 Å². The smallest absolute Gasteiger partial charge is 0.131 e. The van der Waals surface area contributed by atoms with Crippen molar-refractivity contribution in [1.82, 2.24) is 5.32 Å². The van der Waals surface area contributed by atoms with E-state index in [2.05, 4.69) is 38.2 Å². The van der Waals surface area contributed by atoms with Gasteiger partial charge in [0, 0.05) is 13.0 Å². The highest BCUT2D eigenvalue weighted by molar-refractivity contribution is 5.75. The lowest BCUT2D eigenvalue weighted by atomic mass is 9.97. The molecule has 0 aromatic heterocycles. The Kier molecular flexibility index (Phi) is 5.36. The Morgan fingerprint density at radius 1 is 1.12 bits per heavy atom. The summed E-state index contributed by atoms with van der Waals surface area (Å²) in [5.74, 6) is 0.250. The molecule has 0 spiro atoms. The third-order valence-corrected chi connectivity index (χ3v) is 3.05. The largest absolute Gasteiger partial charge is 0.316 e. The Bertz CT molecular complexity index is 373. The number of hydrogen-bond acceptors (Lipinski definition) is 2. The quantitative estimate of drug-likeness (QED) is 0.765. The summed E-state index contributed by atoms with van der Waals surface area (Å²) in [6.45, 7) is 9.85. The monoisotopic (exact) mass is 233 g/mol. The molecule has 0 unspecified atom stereocenters. The summed E-state index contributed by atoms with van der Waals surface area (Å²) in [6, 6.07) is 4.47. The van der Waals surface area contributed by atoms with Gasteiger partial charge in [-0.25, -0.2) is 0 Å². The van der Waals surface area contributed by atoms with Gasteiger partial charge in [-0.3, -0.25) is 4.79 Å². The van der Waals surface area contributed by atoms with E-state index in [1.807, 2.05) is 0 Å². The van der Waals surface area contributed by atoms with Gasteiger partial charge in [0.25, 0.3) is 0 Å². The first-order chi connectivity index (χ1) is 8.00. The lowest BCUT2D eigenvalue weighted by Gasteiger charge is -2.11. The van der Waals surface area contributed by atoms with Crippen LogP contribution < -0.4 is 5.32 Å². The molecular weight excluding hydrogens is 210 g/mol. The Balaban J connectivity index is 2.44. The molecule has 0 radical (unpaired) electrons. The van der Waals surface area contributed by atoms with Crippen molar-refractivity contribution >= 4 is 5.78 Å². The summed E-state index contributed by atoms with van der Waals surface area (Å²) in [5.41, 5.74) is 5.51. The van der Waals surface area contributed by atoms with E-state index < -0.39 is 0 Å². The maximum Gasteiger partial charge on any atom is 0.131 e. The Morgan fingerprint density at radius 3 is 2.24 bits per heavy atom. The second-order valence-corrected chi connectivity index (χ2v) is 4.83. The molecule has 1 N–H and O–H groups in total. The zero-order valence-corrected chi connectivity index (χ0v) is 11.4. The maximum atomic E-state index is 10.8. The van der Waals surface area contributed by atoms with E-state index in [4.69, 9.17) is 0 Å². The van der Waals surface area contributed by atoms with E-state index in [0.29, 0.717) is 6.42 Å². The lowest BCUT2D eigenvalue weighted by molar-refractivity contribution is -0.116. The van der Waals surface area contributed by atoms with Gasteiger partial charge in [0.1, 0.15) is 5.78 Å². The number of aryl methyl sites for hydroxylation is 3. The predicted octanol–water partition coefficient (Wildman–Crippen LogP) is 2.72. The average molecular weight is 233 g/mol. The Labute approximate surface area is 104 Å². The van der Waals surface area contributed by atoms with Crippen LogP contribution in [0.25, 0.3) is 0 Å². The molecule has 0 atom stereocenters. The number of carbonyl (C=O) groups excluding carboxylic acids is 1. The first kappa shape index (κ1) is 13.9. The highest BCUT2D eigenvalue weighted by Gasteiger charge is 2.03. The minimum absolute atomic E-state index is 0.250. The number of ketones is 1. The molecule has 0 bridgehead atoms. The number of carbonyl (C=O) groups is 1. The van der Waals surface area contributed by atoms with E-state index >= 15 is 0 Å². The molecule has 2 heteroatoms. The molecule has 2 nitrogen and oxygen atoms in total. The standard InChI is InChI=1S/C15H23NO/c1-11-9-12(2)15(13(3)10-11)6-8-16-7-5-14(4)17/h9-10,16H,5-8H2,1-4H3. The van der Waals surface area contributed by atoms with Crippen molar-refractivity contribution in [2.45, 2.75) is 40.5 Å². The van der Waals surface area contributed by atoms with E-state index in [0.717, 1.165) is 19.5 Å². The first-order valence-electron chi connectivity index (χ1n) is 6.27. The summed E-state index contributed by atoms with van der Waals surface area (Å²) in [6.07, 6.45) is 1.67. The van der Waals surface area contributed by atoms with Crippen LogP contribution in [0.3, 0.4) is 0 Å². The highest BCUT2D eigenvalue weighted by atomic mass is 16.1. The van der Waals surface area contributed by atoms with Gasteiger partial charge < -0.3 is 5.32 Å². The molecule has 0 amide bonds. The zero-order chi connectivity index (χ0) is 12.8. The maximum absolute atomic E-state index is 10.8. The van der Waals surface area contributed by atoms with E-state index in [1.54, 1.807) is 6.92 Å². The number of nitrogens with one attached hydrogen (secondary N) is 1. The molecule has 94 valence electrons. The normalized spacial score (nSPS) is 10.6. The van der Waals surface area contributed by atoms with Crippen molar-refractivity contribution < 1.29 is 4.79 Å². The average Bonchev–Trinajstić information content (AvgIpc) is 2.20. The first-order valence-corrected chi connectivity index (χ1v) is 6.27. The lowest BCUT2D eigenvalue weighted by Crippen LogP contribution is -2.20. The minimum Gasteiger partial charge on any atom is -0.316 e. The Hall–Kier alpha value is -1.15. The summed E-state index contributed by atoms with van der Waals surface area (Å²) < 4.78 is 0. The molecule has 0 saturated carbocycles. The van der Waals surface area contributed by atoms with Crippen molar-refractivity contribution in [2.75, 3.05) is 13.1 Å². The van der Waals surface area contributed by atoms with Crippen molar-refractivity contribution in [2.24, 2.45) is 0 Å². The second kappa shape index (κ2) is 6.55. The molecule has 0 aliphatic rings. The van der Waals surface area contributed by atoms with Crippen molar-refractivity contribution in [3.63, 3.8) is 0 Å². The minimum atomic E-state index is 0.250. The zero-order valence-electron chi connectivity index (χ0n) is 11.4. The molecule has 0 fully saturated rings. The van der Waals surface area contributed by atoms with Gasteiger partial charge in [-0.2, -0.15) is 0 Å². The SMILES string of the molecule is CC(=O)CCNCCc1c(C)cc(C)cc1C. The van der Waals surface area contributed by atoms with E-state index in [1.165, 1.54) is 22.3 Å². The molecule has 0 saturated heterocycles. The van der Waals surface area contributed by atoms with Crippen LogP contribution in [-0.4, -0.2) is 18.9 Å². The molecule has 0 heterocycles.